The molecule has 3 N–H and O–H groups in total. The van der Waals surface area contributed by atoms with E-state index in [4.69, 9.17) is 10.2 Å². The first-order valence-electron chi connectivity index (χ1n) is 5.85. The highest BCUT2D eigenvalue weighted by Gasteiger charge is 2.19. The van der Waals surface area contributed by atoms with Crippen molar-refractivity contribution in [3.8, 4) is 0 Å². The molecule has 0 aromatic heterocycles. The number of carbonyl (C=O) groups is 1. The molecule has 104 valence electrons. The minimum absolute atomic E-state index is 0.334. The summed E-state index contributed by atoms with van der Waals surface area (Å²) in [5, 5.41) is 31.6. The van der Waals surface area contributed by atoms with E-state index < -0.39 is 16.6 Å². The van der Waals surface area contributed by atoms with Crippen LogP contribution in [-0.2, 0) is 0 Å². The Labute approximate surface area is 110 Å². The van der Waals surface area contributed by atoms with Gasteiger partial charge in [0.2, 0.25) is 0 Å². The molecule has 19 heavy (non-hydrogen) atoms. The van der Waals surface area contributed by atoms with E-state index >= 15 is 0 Å². The van der Waals surface area contributed by atoms with Gasteiger partial charge in [-0.15, -0.1) is 0 Å². The number of carboxylic acid groups (broad SMARTS) is 1. The van der Waals surface area contributed by atoms with E-state index in [1.807, 2.05) is 0 Å². The number of aromatic carboxylic acids is 1. The summed E-state index contributed by atoms with van der Waals surface area (Å²) < 4.78 is 0. The number of nitro benzene ring substituents is 1. The van der Waals surface area contributed by atoms with Gasteiger partial charge >= 0.3 is 5.97 Å². The summed E-state index contributed by atoms with van der Waals surface area (Å²) >= 11 is 0. The number of aliphatic hydroxyl groups excluding tert-OH is 1. The SMILES string of the molecule is CC(O)CCCNc1ccc(C(=O)O)c([N+](=O)[O-])c1. The third kappa shape index (κ3) is 4.55. The van der Waals surface area contributed by atoms with E-state index in [-0.39, 0.29) is 11.7 Å². The van der Waals surface area contributed by atoms with Gasteiger partial charge in [-0.2, -0.15) is 0 Å². The van der Waals surface area contributed by atoms with Gasteiger partial charge in [-0.1, -0.05) is 0 Å². The molecule has 0 saturated heterocycles. The smallest absolute Gasteiger partial charge is 0.342 e. The Kier molecular flexibility index (Phi) is 5.25. The second-order valence-corrected chi connectivity index (χ2v) is 4.21. The molecule has 0 saturated carbocycles. The molecule has 1 aromatic rings. The molecule has 0 radical (unpaired) electrons. The number of benzene rings is 1. The van der Waals surface area contributed by atoms with Crippen LogP contribution in [-0.4, -0.2) is 33.8 Å². The lowest BCUT2D eigenvalue weighted by Gasteiger charge is -2.08. The molecule has 0 bridgehead atoms. The van der Waals surface area contributed by atoms with E-state index in [1.54, 1.807) is 6.92 Å². The van der Waals surface area contributed by atoms with Gasteiger partial charge < -0.3 is 15.5 Å². The lowest BCUT2D eigenvalue weighted by atomic mass is 10.1. The Hall–Kier alpha value is -2.15. The number of carboxylic acids is 1. The van der Waals surface area contributed by atoms with E-state index in [0.717, 1.165) is 0 Å². The van der Waals surface area contributed by atoms with Crippen molar-refractivity contribution in [1.29, 1.82) is 0 Å². The molecule has 1 aromatic carbocycles. The lowest BCUT2D eigenvalue weighted by molar-refractivity contribution is -0.385. The molecule has 7 nitrogen and oxygen atoms in total. The average molecular weight is 268 g/mol. The number of nitro groups is 1. The average Bonchev–Trinajstić information content (AvgIpc) is 2.33. The van der Waals surface area contributed by atoms with Crippen LogP contribution >= 0.6 is 0 Å². The highest BCUT2D eigenvalue weighted by Crippen LogP contribution is 2.23. The van der Waals surface area contributed by atoms with Gasteiger partial charge in [0.15, 0.2) is 0 Å². The van der Waals surface area contributed by atoms with Gasteiger partial charge in [0.25, 0.3) is 5.69 Å². The van der Waals surface area contributed by atoms with E-state index in [0.29, 0.717) is 25.1 Å². The molecule has 0 amide bonds. The van der Waals surface area contributed by atoms with Crippen LogP contribution in [0.5, 0.6) is 0 Å². The van der Waals surface area contributed by atoms with E-state index in [9.17, 15) is 14.9 Å². The standard InChI is InChI=1S/C12H16N2O5/c1-8(15)3-2-6-13-9-4-5-10(12(16)17)11(7-9)14(18)19/h4-5,7-8,13,15H,2-3,6H2,1H3,(H,16,17). The summed E-state index contributed by atoms with van der Waals surface area (Å²) in [6.45, 7) is 2.24. The van der Waals surface area contributed by atoms with Crippen LogP contribution in [0.1, 0.15) is 30.1 Å². The van der Waals surface area contributed by atoms with Crippen LogP contribution in [0.4, 0.5) is 11.4 Å². The van der Waals surface area contributed by atoms with Crippen LogP contribution in [0, 0.1) is 10.1 Å². The maximum absolute atomic E-state index is 10.8. The first kappa shape index (κ1) is 14.9. The number of aliphatic hydroxyl groups is 1. The van der Waals surface area contributed by atoms with Crippen molar-refractivity contribution in [3.05, 3.63) is 33.9 Å². The summed E-state index contributed by atoms with van der Waals surface area (Å²) in [5.74, 6) is -1.33. The highest BCUT2D eigenvalue weighted by atomic mass is 16.6. The Morgan fingerprint density at radius 1 is 1.53 bits per heavy atom. The number of nitrogens with one attached hydrogen (secondary N) is 1. The van der Waals surface area contributed by atoms with Crippen LogP contribution in [0.3, 0.4) is 0 Å². The topological polar surface area (TPSA) is 113 Å². The maximum atomic E-state index is 10.8. The largest absolute Gasteiger partial charge is 0.477 e. The Morgan fingerprint density at radius 3 is 2.74 bits per heavy atom. The molecule has 0 aliphatic heterocycles. The van der Waals surface area contributed by atoms with Gasteiger partial charge in [0.1, 0.15) is 5.56 Å². The molecule has 0 aliphatic rings. The van der Waals surface area contributed by atoms with Crippen molar-refractivity contribution >= 4 is 17.3 Å². The van der Waals surface area contributed by atoms with Crippen molar-refractivity contribution in [1.82, 2.24) is 0 Å². The monoisotopic (exact) mass is 268 g/mol. The zero-order chi connectivity index (χ0) is 14.4. The first-order valence-corrected chi connectivity index (χ1v) is 5.85. The van der Waals surface area contributed by atoms with Crippen LogP contribution in [0.25, 0.3) is 0 Å². The maximum Gasteiger partial charge on any atom is 0.342 e. The molecule has 1 atom stereocenters. The summed E-state index contributed by atoms with van der Waals surface area (Å²) in [6, 6.07) is 3.89. The van der Waals surface area contributed by atoms with E-state index in [1.165, 1.54) is 18.2 Å². The fraction of sp³-hybridized carbons (Fsp3) is 0.417. The highest BCUT2D eigenvalue weighted by molar-refractivity contribution is 5.93. The van der Waals surface area contributed by atoms with Crippen molar-refractivity contribution in [2.24, 2.45) is 0 Å². The molecular weight excluding hydrogens is 252 g/mol. The number of hydrogen-bond donors (Lipinski definition) is 3. The molecule has 0 heterocycles. The molecule has 7 heteroatoms. The normalized spacial score (nSPS) is 11.9. The van der Waals surface area contributed by atoms with Crippen molar-refractivity contribution in [3.63, 3.8) is 0 Å². The number of rotatable bonds is 7. The fourth-order valence-electron chi connectivity index (χ4n) is 1.60. The fourth-order valence-corrected chi connectivity index (χ4v) is 1.60. The Balaban J connectivity index is 2.73. The minimum Gasteiger partial charge on any atom is -0.477 e. The summed E-state index contributed by atoms with van der Waals surface area (Å²) in [5.41, 5.74) is -0.283. The molecule has 1 rings (SSSR count). The second kappa shape index (κ2) is 6.69. The molecule has 1 unspecified atom stereocenters. The van der Waals surface area contributed by atoms with Crippen LogP contribution in [0.15, 0.2) is 18.2 Å². The van der Waals surface area contributed by atoms with Gasteiger partial charge in [-0.05, 0) is 31.9 Å². The zero-order valence-corrected chi connectivity index (χ0v) is 10.5. The lowest BCUT2D eigenvalue weighted by Crippen LogP contribution is -2.08. The van der Waals surface area contributed by atoms with Crippen LogP contribution < -0.4 is 5.32 Å². The molecular formula is C12H16N2O5. The minimum atomic E-state index is -1.33. The van der Waals surface area contributed by atoms with Crippen LogP contribution in [0.2, 0.25) is 0 Å². The Bertz CT molecular complexity index is 473. The number of hydrogen-bond acceptors (Lipinski definition) is 5. The van der Waals surface area contributed by atoms with Crippen molar-refractivity contribution < 1.29 is 19.9 Å². The summed E-state index contributed by atoms with van der Waals surface area (Å²) in [7, 11) is 0. The van der Waals surface area contributed by atoms with Crippen molar-refractivity contribution in [2.75, 3.05) is 11.9 Å². The van der Waals surface area contributed by atoms with Gasteiger partial charge in [0, 0.05) is 18.3 Å². The predicted octanol–water partition coefficient (Wildman–Crippen LogP) is 1.87. The summed E-state index contributed by atoms with van der Waals surface area (Å²) in [4.78, 5) is 20.9. The predicted molar refractivity (Wildman–Crippen MR) is 69.5 cm³/mol. The molecule has 0 spiro atoms. The second-order valence-electron chi connectivity index (χ2n) is 4.21. The summed E-state index contributed by atoms with van der Waals surface area (Å²) in [6.07, 6.45) is 0.958. The van der Waals surface area contributed by atoms with Crippen molar-refractivity contribution in [2.45, 2.75) is 25.9 Å². The Morgan fingerprint density at radius 2 is 2.21 bits per heavy atom. The number of anilines is 1. The molecule has 0 fully saturated rings. The van der Waals surface area contributed by atoms with Gasteiger partial charge in [0.05, 0.1) is 11.0 Å². The third-order valence-electron chi connectivity index (χ3n) is 2.55. The third-order valence-corrected chi connectivity index (χ3v) is 2.55. The first-order chi connectivity index (χ1) is 8.91. The zero-order valence-electron chi connectivity index (χ0n) is 10.5. The number of nitrogens with zero attached hydrogens (tertiary/aromatic N) is 1. The van der Waals surface area contributed by atoms with Gasteiger partial charge in [-0.25, -0.2) is 4.79 Å². The van der Waals surface area contributed by atoms with Gasteiger partial charge in [-0.3, -0.25) is 10.1 Å². The van der Waals surface area contributed by atoms with E-state index in [2.05, 4.69) is 5.32 Å². The quantitative estimate of drug-likeness (QED) is 0.395. The molecule has 0 aliphatic carbocycles.